The molecule has 0 aliphatic carbocycles. The van der Waals surface area contributed by atoms with Crippen LogP contribution in [0, 0.1) is 0 Å². The molecule has 0 saturated carbocycles. The molecule has 0 bridgehead atoms. The summed E-state index contributed by atoms with van der Waals surface area (Å²) in [4.78, 5) is 0. The second-order valence-electron chi connectivity index (χ2n) is 2.86. The van der Waals surface area contributed by atoms with E-state index in [1.165, 1.54) is 0 Å². The Balaban J connectivity index is 3.14. The van der Waals surface area contributed by atoms with Crippen LogP contribution >= 0.6 is 11.6 Å². The Kier molecular flexibility index (Phi) is 2.47. The maximum atomic E-state index is 12.5. The fraction of sp³-hybridized carbons (Fsp3) is 1.00. The summed E-state index contributed by atoms with van der Waals surface area (Å²) >= 11 is 3.61. The highest BCUT2D eigenvalue weighted by molar-refractivity contribution is 6.22. The van der Waals surface area contributed by atoms with Crippen molar-refractivity contribution in [1.29, 1.82) is 0 Å². The van der Waals surface area contributed by atoms with E-state index in [9.17, 15) is 39.5 Å². The van der Waals surface area contributed by atoms with Crippen LogP contribution in [0.4, 0.5) is 39.5 Å². The van der Waals surface area contributed by atoms with E-state index < -0.39 is 29.2 Å². The van der Waals surface area contributed by atoms with E-state index in [1.54, 1.807) is 0 Å². The lowest BCUT2D eigenvalue weighted by Crippen LogP contribution is -2.59. The predicted octanol–water partition coefficient (Wildman–Crippen LogP) is 3.38. The molecule has 0 aromatic rings. The van der Waals surface area contributed by atoms with Crippen LogP contribution < -0.4 is 0 Å². The van der Waals surface area contributed by atoms with Gasteiger partial charge in [-0.25, -0.2) is 0 Å². The van der Waals surface area contributed by atoms with Gasteiger partial charge in [0.05, 0.1) is 0 Å². The molecule has 1 aliphatic heterocycles. The molecule has 0 aromatic heterocycles. The molecule has 96 valence electrons. The minimum atomic E-state index is -6.55. The number of epoxide rings is 1. The maximum Gasteiger partial charge on any atom is 0.424 e. The largest absolute Gasteiger partial charge is 0.424 e. The van der Waals surface area contributed by atoms with Crippen LogP contribution in [0.15, 0.2) is 0 Å². The van der Waals surface area contributed by atoms with E-state index in [-0.39, 0.29) is 0 Å². The van der Waals surface area contributed by atoms with Gasteiger partial charge in [0, 0.05) is 0 Å². The van der Waals surface area contributed by atoms with Crippen molar-refractivity contribution in [2.45, 2.75) is 29.2 Å². The van der Waals surface area contributed by atoms with Gasteiger partial charge in [-0.2, -0.15) is 39.5 Å². The summed E-state index contributed by atoms with van der Waals surface area (Å²) in [6.07, 6.45) is -5.28. The second kappa shape index (κ2) is 2.89. The maximum absolute atomic E-state index is 12.5. The van der Waals surface area contributed by atoms with Crippen LogP contribution in [0.1, 0.15) is 0 Å². The zero-order valence-electron chi connectivity index (χ0n) is 6.69. The highest BCUT2D eigenvalue weighted by Crippen LogP contribution is 2.66. The number of hydrogen-bond donors (Lipinski definition) is 0. The quantitative estimate of drug-likeness (QED) is 0.439. The third-order valence-corrected chi connectivity index (χ3v) is 1.99. The molecular weight excluding hydrogens is 282 g/mol. The average molecular weight is 282 g/mol. The first-order valence-corrected chi connectivity index (χ1v) is 3.68. The first kappa shape index (κ1) is 13.7. The molecule has 1 saturated heterocycles. The van der Waals surface area contributed by atoms with E-state index in [0.717, 1.165) is 0 Å². The van der Waals surface area contributed by atoms with Gasteiger partial charge in [0.2, 0.25) is 0 Å². The molecule has 1 atom stereocenters. The van der Waals surface area contributed by atoms with Gasteiger partial charge < -0.3 is 0 Å². The molecule has 1 nitrogen and oxygen atoms in total. The number of rotatable bonds is 3. The molecule has 0 spiro atoms. The van der Waals surface area contributed by atoms with Crippen molar-refractivity contribution in [3.8, 4) is 0 Å². The third kappa shape index (κ3) is 1.38. The van der Waals surface area contributed by atoms with E-state index >= 15 is 0 Å². The summed E-state index contributed by atoms with van der Waals surface area (Å²) < 4.78 is 112. The molecule has 11 heteroatoms. The highest BCUT2D eigenvalue weighted by atomic mass is 35.5. The third-order valence-electron chi connectivity index (χ3n) is 1.76. The van der Waals surface area contributed by atoms with Crippen molar-refractivity contribution in [3.05, 3.63) is 0 Å². The van der Waals surface area contributed by atoms with Crippen LogP contribution in [-0.4, -0.2) is 29.2 Å². The van der Waals surface area contributed by atoms with Crippen LogP contribution in [0.5, 0.6) is 0 Å². The number of hydrogen-bond acceptors (Lipinski definition) is 1. The minimum Gasteiger partial charge on any atom is -0.265 e. The van der Waals surface area contributed by atoms with Crippen molar-refractivity contribution >= 4 is 11.6 Å². The Bertz CT molecular complexity index is 310. The SMILES string of the molecule is FC(F)(Cl)C(F)(F)C(F)(F)C1(F)OC1(F)F. The first-order chi connectivity index (χ1) is 6.71. The Morgan fingerprint density at radius 2 is 1.19 bits per heavy atom. The van der Waals surface area contributed by atoms with Crippen LogP contribution in [0.2, 0.25) is 0 Å². The van der Waals surface area contributed by atoms with Gasteiger partial charge in [0.25, 0.3) is 0 Å². The fourth-order valence-electron chi connectivity index (χ4n) is 0.778. The molecule has 1 fully saturated rings. The minimum absolute atomic E-state index is 2.42. The van der Waals surface area contributed by atoms with Gasteiger partial charge in [0.15, 0.2) is 0 Å². The Morgan fingerprint density at radius 1 is 0.875 bits per heavy atom. The Labute approximate surface area is 86.1 Å². The van der Waals surface area contributed by atoms with Crippen molar-refractivity contribution in [1.82, 2.24) is 0 Å². The zero-order valence-corrected chi connectivity index (χ0v) is 7.44. The molecular formula is C5ClF9O. The molecule has 0 amide bonds. The molecule has 1 heterocycles. The Hall–Kier alpha value is -0.380. The second-order valence-corrected chi connectivity index (χ2v) is 3.34. The molecule has 16 heavy (non-hydrogen) atoms. The molecule has 0 radical (unpaired) electrons. The summed E-state index contributed by atoms with van der Waals surface area (Å²) in [6, 6.07) is 0. The first-order valence-electron chi connectivity index (χ1n) is 3.30. The van der Waals surface area contributed by atoms with Crippen LogP contribution in [0.25, 0.3) is 0 Å². The van der Waals surface area contributed by atoms with Gasteiger partial charge in [-0.05, 0) is 11.6 Å². The molecule has 1 unspecified atom stereocenters. The fourth-order valence-corrected chi connectivity index (χ4v) is 0.897. The number of ether oxygens (including phenoxy) is 1. The van der Waals surface area contributed by atoms with Crippen molar-refractivity contribution in [3.63, 3.8) is 0 Å². The zero-order chi connectivity index (χ0) is 13.2. The van der Waals surface area contributed by atoms with Crippen molar-refractivity contribution < 1.29 is 44.3 Å². The smallest absolute Gasteiger partial charge is 0.265 e. The summed E-state index contributed by atoms with van der Waals surface area (Å²) in [5, 5.41) is -5.92. The van der Waals surface area contributed by atoms with E-state index in [2.05, 4.69) is 16.3 Å². The van der Waals surface area contributed by atoms with E-state index in [4.69, 9.17) is 0 Å². The van der Waals surface area contributed by atoms with Gasteiger partial charge in [-0.1, -0.05) is 0 Å². The molecule has 0 aromatic carbocycles. The van der Waals surface area contributed by atoms with Gasteiger partial charge in [-0.15, -0.1) is 0 Å². The van der Waals surface area contributed by atoms with Crippen LogP contribution in [0.3, 0.4) is 0 Å². The summed E-state index contributed by atoms with van der Waals surface area (Å²) in [5.74, 6) is -18.5. The van der Waals surface area contributed by atoms with Gasteiger partial charge >= 0.3 is 29.2 Å². The lowest BCUT2D eigenvalue weighted by Gasteiger charge is -2.29. The summed E-state index contributed by atoms with van der Waals surface area (Å²) in [7, 11) is 0. The van der Waals surface area contributed by atoms with E-state index in [1.807, 2.05) is 0 Å². The molecule has 1 aliphatic rings. The van der Waals surface area contributed by atoms with Gasteiger partial charge in [0.1, 0.15) is 0 Å². The number of halogens is 10. The van der Waals surface area contributed by atoms with Crippen molar-refractivity contribution in [2.24, 2.45) is 0 Å². The summed E-state index contributed by atoms with van der Waals surface area (Å²) in [5.41, 5.74) is 0. The van der Waals surface area contributed by atoms with Gasteiger partial charge in [-0.3, -0.25) is 4.74 Å². The predicted molar refractivity (Wildman–Crippen MR) is 30.6 cm³/mol. The monoisotopic (exact) mass is 282 g/mol. The molecule has 0 N–H and O–H groups in total. The normalized spacial score (nSPS) is 30.4. The molecule has 1 rings (SSSR count). The Morgan fingerprint density at radius 3 is 1.38 bits per heavy atom. The standard InChI is InChI=1S/C5ClF9O/c6-4(12,13)2(9,10)1(7,8)3(11)5(14,15)16-3. The van der Waals surface area contributed by atoms with Crippen LogP contribution in [-0.2, 0) is 4.74 Å². The van der Waals surface area contributed by atoms with Crippen molar-refractivity contribution in [2.75, 3.05) is 0 Å². The van der Waals surface area contributed by atoms with E-state index in [0.29, 0.717) is 0 Å². The lowest BCUT2D eigenvalue weighted by atomic mass is 10.1. The topological polar surface area (TPSA) is 12.5 Å². The lowest BCUT2D eigenvalue weighted by molar-refractivity contribution is -0.322. The number of alkyl halides is 10. The highest BCUT2D eigenvalue weighted by Gasteiger charge is 2.96. The summed E-state index contributed by atoms with van der Waals surface area (Å²) in [6.45, 7) is 0. The average Bonchev–Trinajstić information content (AvgIpc) is 2.50.